The van der Waals surface area contributed by atoms with E-state index in [1.165, 1.54) is 0 Å². The van der Waals surface area contributed by atoms with Crippen molar-refractivity contribution in [3.05, 3.63) is 83.9 Å². The molecule has 0 unspecified atom stereocenters. The van der Waals surface area contributed by atoms with E-state index in [1.807, 2.05) is 66.7 Å². The average Bonchev–Trinajstić information content (AvgIpc) is 3.53. The van der Waals surface area contributed by atoms with Gasteiger partial charge in [0.1, 0.15) is 5.82 Å². The number of aromatic nitrogens is 2. The molecule has 5 rings (SSSR count). The number of ketones is 1. The molecule has 4 aromatic rings. The van der Waals surface area contributed by atoms with Crippen LogP contribution in [0.3, 0.4) is 0 Å². The summed E-state index contributed by atoms with van der Waals surface area (Å²) in [6.45, 7) is 0. The quantitative estimate of drug-likeness (QED) is 0.487. The highest BCUT2D eigenvalue weighted by Crippen LogP contribution is 2.30. The molecule has 0 atom stereocenters. The first kappa shape index (κ1) is 17.4. The van der Waals surface area contributed by atoms with E-state index < -0.39 is 0 Å². The number of nitrogens with one attached hydrogen (secondary N) is 2. The van der Waals surface area contributed by atoms with E-state index in [-0.39, 0.29) is 17.6 Å². The Morgan fingerprint density at radius 1 is 0.897 bits per heavy atom. The fourth-order valence-electron chi connectivity index (χ4n) is 3.35. The number of hydrogen-bond donors (Lipinski definition) is 2. The molecule has 1 aromatic heterocycles. The molecule has 29 heavy (non-hydrogen) atoms. The van der Waals surface area contributed by atoms with Crippen LogP contribution in [0, 0.1) is 5.92 Å². The number of anilines is 1. The van der Waals surface area contributed by atoms with Crippen LogP contribution >= 0.6 is 0 Å². The van der Waals surface area contributed by atoms with Crippen molar-refractivity contribution in [3.63, 3.8) is 0 Å². The van der Waals surface area contributed by atoms with Gasteiger partial charge in [-0.25, -0.2) is 4.98 Å². The van der Waals surface area contributed by atoms with Crippen molar-refractivity contribution < 1.29 is 9.59 Å². The van der Waals surface area contributed by atoms with Crippen LogP contribution in [0.25, 0.3) is 22.4 Å². The third-order valence-electron chi connectivity index (χ3n) is 5.15. The van der Waals surface area contributed by atoms with E-state index in [0.29, 0.717) is 11.1 Å². The molecule has 0 aliphatic heterocycles. The van der Waals surface area contributed by atoms with Crippen LogP contribution in [-0.4, -0.2) is 21.7 Å². The van der Waals surface area contributed by atoms with Gasteiger partial charge in [0, 0.05) is 28.3 Å². The van der Waals surface area contributed by atoms with E-state index in [4.69, 9.17) is 0 Å². The summed E-state index contributed by atoms with van der Waals surface area (Å²) < 4.78 is 0. The first-order valence-corrected chi connectivity index (χ1v) is 9.68. The van der Waals surface area contributed by atoms with Gasteiger partial charge in [-0.1, -0.05) is 30.3 Å². The second kappa shape index (κ2) is 7.02. The molecule has 1 fully saturated rings. The monoisotopic (exact) mass is 381 g/mol. The normalized spacial score (nSPS) is 13.4. The van der Waals surface area contributed by atoms with E-state index >= 15 is 0 Å². The fourth-order valence-corrected chi connectivity index (χ4v) is 3.35. The zero-order chi connectivity index (χ0) is 19.8. The number of nitrogens with zero attached hydrogens (tertiary/aromatic N) is 1. The van der Waals surface area contributed by atoms with E-state index in [9.17, 15) is 9.59 Å². The highest BCUT2D eigenvalue weighted by Gasteiger charge is 2.29. The van der Waals surface area contributed by atoms with Gasteiger partial charge < -0.3 is 10.3 Å². The minimum atomic E-state index is -0.0144. The summed E-state index contributed by atoms with van der Waals surface area (Å²) in [5.41, 5.74) is 4.61. The Labute approximate surface area is 167 Å². The van der Waals surface area contributed by atoms with E-state index in [2.05, 4.69) is 15.3 Å². The predicted octanol–water partition coefficient (Wildman–Crippen LogP) is 4.81. The zero-order valence-corrected chi connectivity index (χ0v) is 15.7. The van der Waals surface area contributed by atoms with Crippen LogP contribution in [0.5, 0.6) is 0 Å². The Morgan fingerprint density at radius 2 is 1.66 bits per heavy atom. The summed E-state index contributed by atoms with van der Waals surface area (Å²) in [5.74, 6) is 0.985. The summed E-state index contributed by atoms with van der Waals surface area (Å²) >= 11 is 0. The molecule has 5 heteroatoms. The summed E-state index contributed by atoms with van der Waals surface area (Å²) in [6.07, 6.45) is 1.97. The van der Waals surface area contributed by atoms with Gasteiger partial charge in [0.05, 0.1) is 11.0 Å². The first-order valence-electron chi connectivity index (χ1n) is 9.68. The maximum absolute atomic E-state index is 12.7. The lowest BCUT2D eigenvalue weighted by Crippen LogP contribution is -2.12. The molecule has 2 N–H and O–H groups in total. The number of H-pyrrole nitrogens is 1. The molecular formula is C24H19N3O2. The maximum Gasteiger partial charge on any atom is 0.227 e. The average molecular weight is 381 g/mol. The molecule has 0 radical (unpaired) electrons. The number of carbonyl (C=O) groups is 2. The van der Waals surface area contributed by atoms with Gasteiger partial charge in [-0.3, -0.25) is 9.59 Å². The van der Waals surface area contributed by atoms with Crippen LogP contribution in [0.1, 0.15) is 28.8 Å². The Morgan fingerprint density at radius 3 is 2.38 bits per heavy atom. The maximum atomic E-state index is 12.7. The van der Waals surface area contributed by atoms with Crippen molar-refractivity contribution in [2.24, 2.45) is 5.92 Å². The number of aromatic amines is 1. The lowest BCUT2D eigenvalue weighted by atomic mass is 10.0. The number of fused-ring (bicyclic) bond motifs is 1. The van der Waals surface area contributed by atoms with Crippen LogP contribution in [-0.2, 0) is 4.79 Å². The van der Waals surface area contributed by atoms with Gasteiger partial charge in [0.25, 0.3) is 0 Å². The summed E-state index contributed by atoms with van der Waals surface area (Å²) in [4.78, 5) is 32.5. The lowest BCUT2D eigenvalue weighted by molar-refractivity contribution is -0.117. The van der Waals surface area contributed by atoms with Crippen molar-refractivity contribution >= 4 is 28.4 Å². The van der Waals surface area contributed by atoms with Crippen LogP contribution in [0.2, 0.25) is 0 Å². The SMILES string of the molecule is O=C(c1ccccc1)c1ccc2nc(-c3ccc(NC(=O)C4CC4)cc3)[nH]c2c1. The molecule has 0 bridgehead atoms. The van der Waals surface area contributed by atoms with E-state index in [1.54, 1.807) is 6.07 Å². The first-order chi connectivity index (χ1) is 14.2. The Kier molecular flexibility index (Phi) is 4.21. The zero-order valence-electron chi connectivity index (χ0n) is 15.7. The predicted molar refractivity (Wildman–Crippen MR) is 113 cm³/mol. The molecule has 5 nitrogen and oxygen atoms in total. The molecule has 0 spiro atoms. The summed E-state index contributed by atoms with van der Waals surface area (Å²) in [7, 11) is 0. The Hall–Kier alpha value is -3.73. The minimum Gasteiger partial charge on any atom is -0.338 e. The third-order valence-corrected chi connectivity index (χ3v) is 5.15. The third kappa shape index (κ3) is 3.55. The topological polar surface area (TPSA) is 74.8 Å². The van der Waals surface area contributed by atoms with Crippen molar-refractivity contribution in [1.82, 2.24) is 9.97 Å². The van der Waals surface area contributed by atoms with Crippen LogP contribution < -0.4 is 5.32 Å². The van der Waals surface area contributed by atoms with Gasteiger partial charge in [-0.2, -0.15) is 0 Å². The van der Waals surface area contributed by atoms with Crippen molar-refractivity contribution in [3.8, 4) is 11.4 Å². The number of amides is 1. The number of carbonyl (C=O) groups excluding carboxylic acids is 2. The number of hydrogen-bond acceptors (Lipinski definition) is 3. The molecule has 142 valence electrons. The summed E-state index contributed by atoms with van der Waals surface area (Å²) in [6, 6.07) is 22.4. The minimum absolute atomic E-state index is 0.0144. The molecule has 1 aliphatic carbocycles. The highest BCUT2D eigenvalue weighted by atomic mass is 16.2. The molecule has 1 aliphatic rings. The molecule has 3 aromatic carbocycles. The number of rotatable bonds is 5. The lowest BCUT2D eigenvalue weighted by Gasteiger charge is -2.04. The Bertz CT molecular complexity index is 1210. The van der Waals surface area contributed by atoms with Crippen LogP contribution in [0.15, 0.2) is 72.8 Å². The van der Waals surface area contributed by atoms with Crippen molar-refractivity contribution in [2.75, 3.05) is 5.32 Å². The second-order valence-corrected chi connectivity index (χ2v) is 7.35. The fraction of sp³-hybridized carbons (Fsp3) is 0.125. The van der Waals surface area contributed by atoms with E-state index in [0.717, 1.165) is 41.0 Å². The highest BCUT2D eigenvalue weighted by molar-refractivity contribution is 6.10. The largest absolute Gasteiger partial charge is 0.338 e. The molecule has 0 saturated heterocycles. The van der Waals surface area contributed by atoms with Crippen LogP contribution in [0.4, 0.5) is 5.69 Å². The number of imidazole rings is 1. The van der Waals surface area contributed by atoms with Gasteiger partial charge in [0.15, 0.2) is 5.78 Å². The van der Waals surface area contributed by atoms with Gasteiger partial charge >= 0.3 is 0 Å². The van der Waals surface area contributed by atoms with Gasteiger partial charge in [-0.15, -0.1) is 0 Å². The van der Waals surface area contributed by atoms with Gasteiger partial charge in [0.2, 0.25) is 5.91 Å². The number of benzene rings is 3. The standard InChI is InChI=1S/C24H19N3O2/c28-22(15-4-2-1-3-5-15)18-10-13-20-21(14-18)27-23(26-20)16-8-11-19(12-9-16)25-24(29)17-6-7-17/h1-5,8-14,17H,6-7H2,(H,25,29)(H,26,27). The molecule has 1 heterocycles. The molecule has 1 saturated carbocycles. The van der Waals surface area contributed by atoms with Crippen molar-refractivity contribution in [2.45, 2.75) is 12.8 Å². The second-order valence-electron chi connectivity index (χ2n) is 7.35. The Balaban J connectivity index is 1.39. The molecule has 1 amide bonds. The van der Waals surface area contributed by atoms with Crippen molar-refractivity contribution in [1.29, 1.82) is 0 Å². The molecular weight excluding hydrogens is 362 g/mol. The summed E-state index contributed by atoms with van der Waals surface area (Å²) in [5, 5.41) is 2.94. The smallest absolute Gasteiger partial charge is 0.227 e. The van der Waals surface area contributed by atoms with Gasteiger partial charge in [-0.05, 0) is 55.3 Å².